The molecule has 10 heteroatoms. The minimum Gasteiger partial charge on any atom is -0.324 e. The lowest BCUT2D eigenvalue weighted by atomic mass is 9.92. The van der Waals surface area contributed by atoms with Crippen molar-refractivity contribution >= 4 is 10.0 Å². The van der Waals surface area contributed by atoms with E-state index in [0.717, 1.165) is 5.69 Å². The van der Waals surface area contributed by atoms with E-state index in [1.807, 2.05) is 0 Å². The Bertz CT molecular complexity index is 981. The van der Waals surface area contributed by atoms with E-state index in [2.05, 4.69) is 35.8 Å². The zero-order valence-electron chi connectivity index (χ0n) is 16.9. The molecule has 2 aromatic rings. The van der Waals surface area contributed by atoms with Crippen LogP contribution in [0.1, 0.15) is 26.5 Å². The third-order valence-corrected chi connectivity index (χ3v) is 6.84. The van der Waals surface area contributed by atoms with Gasteiger partial charge in [-0.1, -0.05) is 20.8 Å². The van der Waals surface area contributed by atoms with Crippen LogP contribution < -0.4 is 5.56 Å². The monoisotopic (exact) mass is 408 g/mol. The predicted molar refractivity (Wildman–Crippen MR) is 106 cm³/mol. The van der Waals surface area contributed by atoms with Crippen molar-refractivity contribution in [1.82, 2.24) is 28.5 Å². The molecule has 1 aliphatic heterocycles. The van der Waals surface area contributed by atoms with E-state index in [1.165, 1.54) is 19.8 Å². The van der Waals surface area contributed by atoms with Gasteiger partial charge in [0.05, 0.1) is 12.2 Å². The Labute approximate surface area is 165 Å². The van der Waals surface area contributed by atoms with Crippen molar-refractivity contribution in [3.63, 3.8) is 0 Å². The van der Waals surface area contributed by atoms with Gasteiger partial charge in [-0.3, -0.25) is 9.69 Å². The van der Waals surface area contributed by atoms with Crippen molar-refractivity contribution in [2.75, 3.05) is 32.7 Å². The smallest absolute Gasteiger partial charge is 0.277 e. The molecule has 0 unspecified atom stereocenters. The molecule has 0 atom stereocenters. The van der Waals surface area contributed by atoms with Crippen molar-refractivity contribution in [3.05, 3.63) is 40.6 Å². The highest BCUT2D eigenvalue weighted by atomic mass is 32.2. The number of imidazole rings is 1. The fourth-order valence-corrected chi connectivity index (χ4v) is 4.65. The Morgan fingerprint density at radius 1 is 1.07 bits per heavy atom. The maximum atomic E-state index is 12.7. The van der Waals surface area contributed by atoms with Gasteiger partial charge in [-0.05, 0) is 6.07 Å². The largest absolute Gasteiger partial charge is 0.324 e. The van der Waals surface area contributed by atoms with Gasteiger partial charge in [-0.25, -0.2) is 18.1 Å². The SMILES string of the molecule is Cn1ccnc1S(=O)(=O)N1CCN(CCn2nc(C(C)(C)C)ccc2=O)CC1. The van der Waals surface area contributed by atoms with E-state index >= 15 is 0 Å². The van der Waals surface area contributed by atoms with Crippen molar-refractivity contribution < 1.29 is 8.42 Å². The van der Waals surface area contributed by atoms with Crippen molar-refractivity contribution in [3.8, 4) is 0 Å². The van der Waals surface area contributed by atoms with Crippen LogP contribution in [0.3, 0.4) is 0 Å². The Morgan fingerprint density at radius 3 is 2.32 bits per heavy atom. The predicted octanol–water partition coefficient (Wildman–Crippen LogP) is 0.281. The van der Waals surface area contributed by atoms with Crippen molar-refractivity contribution in [2.45, 2.75) is 37.9 Å². The van der Waals surface area contributed by atoms with Gasteiger partial charge in [0.15, 0.2) is 0 Å². The second kappa shape index (κ2) is 7.76. The lowest BCUT2D eigenvalue weighted by molar-refractivity contribution is 0.179. The molecule has 1 saturated heterocycles. The zero-order chi connectivity index (χ0) is 20.5. The molecule has 0 spiro atoms. The Hall–Kier alpha value is -2.04. The fraction of sp³-hybridized carbons (Fsp3) is 0.611. The summed E-state index contributed by atoms with van der Waals surface area (Å²) in [6.07, 6.45) is 3.11. The van der Waals surface area contributed by atoms with Crippen LogP contribution in [0.25, 0.3) is 0 Å². The first kappa shape index (κ1) is 20.7. The minimum absolute atomic E-state index is 0.0655. The summed E-state index contributed by atoms with van der Waals surface area (Å²) >= 11 is 0. The van der Waals surface area contributed by atoms with Gasteiger partial charge in [0, 0.05) is 63.6 Å². The maximum Gasteiger partial charge on any atom is 0.277 e. The van der Waals surface area contributed by atoms with Gasteiger partial charge >= 0.3 is 0 Å². The number of sulfonamides is 1. The van der Waals surface area contributed by atoms with E-state index in [1.54, 1.807) is 25.4 Å². The van der Waals surface area contributed by atoms with Crippen LogP contribution in [-0.2, 0) is 29.0 Å². The molecule has 28 heavy (non-hydrogen) atoms. The van der Waals surface area contributed by atoms with Crippen molar-refractivity contribution in [2.24, 2.45) is 7.05 Å². The lowest BCUT2D eigenvalue weighted by Gasteiger charge is -2.33. The van der Waals surface area contributed by atoms with Crippen LogP contribution >= 0.6 is 0 Å². The molecule has 0 radical (unpaired) electrons. The van der Waals surface area contributed by atoms with Crippen LogP contribution in [0, 0.1) is 0 Å². The topological polar surface area (TPSA) is 93.3 Å². The number of piperazine rings is 1. The molecular formula is C18H28N6O3S. The molecule has 9 nitrogen and oxygen atoms in total. The molecule has 3 rings (SSSR count). The summed E-state index contributed by atoms with van der Waals surface area (Å²) in [6.45, 7) is 9.34. The van der Waals surface area contributed by atoms with E-state index in [9.17, 15) is 13.2 Å². The minimum atomic E-state index is -3.58. The van der Waals surface area contributed by atoms with Gasteiger partial charge in [-0.2, -0.15) is 9.40 Å². The number of hydrogen-bond donors (Lipinski definition) is 0. The van der Waals surface area contributed by atoms with Gasteiger partial charge in [0.2, 0.25) is 5.16 Å². The number of rotatable bonds is 5. The molecule has 2 aromatic heterocycles. The third-order valence-electron chi connectivity index (χ3n) is 4.94. The highest BCUT2D eigenvalue weighted by Gasteiger charge is 2.31. The van der Waals surface area contributed by atoms with E-state index < -0.39 is 10.0 Å². The first-order valence-corrected chi connectivity index (χ1v) is 10.8. The molecule has 0 amide bonds. The molecule has 0 saturated carbocycles. The zero-order valence-corrected chi connectivity index (χ0v) is 17.7. The van der Waals surface area contributed by atoms with Crippen molar-refractivity contribution in [1.29, 1.82) is 0 Å². The van der Waals surface area contributed by atoms with E-state index in [0.29, 0.717) is 39.3 Å². The average molecular weight is 409 g/mol. The van der Waals surface area contributed by atoms with Gasteiger partial charge in [0.1, 0.15) is 0 Å². The second-order valence-corrected chi connectivity index (χ2v) is 9.93. The van der Waals surface area contributed by atoms with Crippen LogP contribution in [0.4, 0.5) is 0 Å². The lowest BCUT2D eigenvalue weighted by Crippen LogP contribution is -2.50. The number of hydrogen-bond acceptors (Lipinski definition) is 6. The van der Waals surface area contributed by atoms with Crippen LogP contribution in [0.2, 0.25) is 0 Å². The van der Waals surface area contributed by atoms with E-state index in [-0.39, 0.29) is 16.1 Å². The Morgan fingerprint density at radius 2 is 1.75 bits per heavy atom. The Kier molecular flexibility index (Phi) is 5.74. The first-order chi connectivity index (χ1) is 13.1. The molecule has 1 fully saturated rings. The molecule has 1 aliphatic rings. The number of nitrogens with zero attached hydrogens (tertiary/aromatic N) is 6. The Balaban J connectivity index is 1.60. The molecule has 0 aromatic carbocycles. The maximum absolute atomic E-state index is 12.7. The fourth-order valence-electron chi connectivity index (χ4n) is 3.15. The van der Waals surface area contributed by atoms with E-state index in [4.69, 9.17) is 0 Å². The summed E-state index contributed by atoms with van der Waals surface area (Å²) < 4.78 is 29.9. The quantitative estimate of drug-likeness (QED) is 0.706. The second-order valence-electron chi connectivity index (χ2n) is 8.10. The summed E-state index contributed by atoms with van der Waals surface area (Å²) in [6, 6.07) is 3.34. The highest BCUT2D eigenvalue weighted by Crippen LogP contribution is 2.18. The summed E-state index contributed by atoms with van der Waals surface area (Å²) in [5.41, 5.74) is 0.627. The summed E-state index contributed by atoms with van der Waals surface area (Å²) in [7, 11) is -1.90. The molecule has 0 N–H and O–H groups in total. The van der Waals surface area contributed by atoms with Crippen LogP contribution in [0.5, 0.6) is 0 Å². The standard InChI is InChI=1S/C18H28N6O3S/c1-18(2,3)15-5-6-16(25)24(20-15)14-11-22-9-12-23(13-10-22)28(26,27)17-19-7-8-21(17)4/h5-8H,9-14H2,1-4H3. The van der Waals surface area contributed by atoms with Gasteiger partial charge in [-0.15, -0.1) is 0 Å². The molecular weight excluding hydrogens is 380 g/mol. The average Bonchev–Trinajstić information content (AvgIpc) is 3.07. The third kappa shape index (κ3) is 4.34. The van der Waals surface area contributed by atoms with Crippen LogP contribution in [0.15, 0.2) is 34.5 Å². The van der Waals surface area contributed by atoms with Gasteiger partial charge < -0.3 is 4.57 Å². The highest BCUT2D eigenvalue weighted by molar-refractivity contribution is 7.89. The molecule has 3 heterocycles. The molecule has 0 bridgehead atoms. The summed E-state index contributed by atoms with van der Waals surface area (Å²) in [5.74, 6) is 0. The number of aryl methyl sites for hydroxylation is 1. The summed E-state index contributed by atoms with van der Waals surface area (Å²) in [5, 5.41) is 4.55. The molecule has 0 aliphatic carbocycles. The van der Waals surface area contributed by atoms with Crippen LogP contribution in [-0.4, -0.2) is 69.7 Å². The number of aromatic nitrogens is 4. The van der Waals surface area contributed by atoms with Gasteiger partial charge in [0.25, 0.3) is 15.6 Å². The first-order valence-electron chi connectivity index (χ1n) is 9.37. The normalized spacial score (nSPS) is 17.1. The molecule has 154 valence electrons. The summed E-state index contributed by atoms with van der Waals surface area (Å²) in [4.78, 5) is 18.2.